The summed E-state index contributed by atoms with van der Waals surface area (Å²) in [6, 6.07) is 35.5. The summed E-state index contributed by atoms with van der Waals surface area (Å²) < 4.78 is 11.0. The van der Waals surface area contributed by atoms with Crippen LogP contribution in [-0.4, -0.2) is 44.1 Å². The van der Waals surface area contributed by atoms with Crippen LogP contribution in [0.3, 0.4) is 0 Å². The predicted octanol–water partition coefficient (Wildman–Crippen LogP) is 4.94. The van der Waals surface area contributed by atoms with Gasteiger partial charge in [-0.3, -0.25) is 0 Å². The molecule has 7 rings (SSSR count). The molecule has 0 N–H and O–H groups in total. The standard InChI is InChI=1S/C30H23N9O/c1-4-12-22(13-5-1)20-40-21-25-31-29(39(34-25)30-32-26-18-10-11-19-37(26)36-30)27-33-28(23-14-6-2-7-15-23)38(35-27)24-16-8-3-9-17-24/h1-19H,20-21H2. The van der Waals surface area contributed by atoms with E-state index in [1.165, 1.54) is 0 Å². The van der Waals surface area contributed by atoms with Gasteiger partial charge in [0.05, 0.1) is 12.3 Å². The average Bonchev–Trinajstić information content (AvgIpc) is 3.75. The Morgan fingerprint density at radius 1 is 0.575 bits per heavy atom. The number of ether oxygens (including phenoxy) is 1. The zero-order chi connectivity index (χ0) is 26.7. The molecule has 3 aromatic carbocycles. The molecule has 4 heterocycles. The van der Waals surface area contributed by atoms with E-state index in [0.717, 1.165) is 16.8 Å². The molecular formula is C30H23N9O. The van der Waals surface area contributed by atoms with Gasteiger partial charge >= 0.3 is 0 Å². The largest absolute Gasteiger partial charge is 0.369 e. The Morgan fingerprint density at radius 3 is 2.08 bits per heavy atom. The fourth-order valence-electron chi connectivity index (χ4n) is 4.37. The van der Waals surface area contributed by atoms with Gasteiger partial charge in [0, 0.05) is 11.8 Å². The van der Waals surface area contributed by atoms with Crippen molar-refractivity contribution in [2.45, 2.75) is 13.2 Å². The van der Waals surface area contributed by atoms with Gasteiger partial charge in [-0.15, -0.1) is 15.3 Å². The van der Waals surface area contributed by atoms with Gasteiger partial charge in [-0.1, -0.05) is 84.9 Å². The Labute approximate surface area is 229 Å². The van der Waals surface area contributed by atoms with Crippen LogP contribution in [0.1, 0.15) is 11.4 Å². The van der Waals surface area contributed by atoms with Crippen molar-refractivity contribution in [1.29, 1.82) is 0 Å². The summed E-state index contributed by atoms with van der Waals surface area (Å²) in [6.07, 6.45) is 1.84. The monoisotopic (exact) mass is 525 g/mol. The van der Waals surface area contributed by atoms with Gasteiger partial charge in [0.25, 0.3) is 5.95 Å². The van der Waals surface area contributed by atoms with Crippen LogP contribution in [0.15, 0.2) is 115 Å². The van der Waals surface area contributed by atoms with E-state index >= 15 is 0 Å². The maximum atomic E-state index is 5.94. The minimum atomic E-state index is 0.202. The number of fused-ring (bicyclic) bond motifs is 1. The number of aromatic nitrogens is 9. The smallest absolute Gasteiger partial charge is 0.272 e. The van der Waals surface area contributed by atoms with Gasteiger partial charge in [-0.05, 0) is 29.8 Å². The highest BCUT2D eigenvalue weighted by atomic mass is 16.5. The molecule has 0 unspecified atom stereocenters. The molecule has 0 bridgehead atoms. The van der Waals surface area contributed by atoms with E-state index in [1.807, 2.05) is 120 Å². The van der Waals surface area contributed by atoms with Crippen molar-refractivity contribution in [3.05, 3.63) is 127 Å². The second-order valence-corrected chi connectivity index (χ2v) is 9.03. The number of pyridine rings is 1. The molecule has 0 aliphatic carbocycles. The van der Waals surface area contributed by atoms with Crippen molar-refractivity contribution in [1.82, 2.24) is 44.1 Å². The van der Waals surface area contributed by atoms with Gasteiger partial charge in [0.1, 0.15) is 6.61 Å². The Kier molecular flexibility index (Phi) is 6.11. The maximum absolute atomic E-state index is 5.94. The minimum absolute atomic E-state index is 0.202. The van der Waals surface area contributed by atoms with Crippen LogP contribution in [0.5, 0.6) is 0 Å². The number of para-hydroxylation sites is 1. The van der Waals surface area contributed by atoms with E-state index in [0.29, 0.717) is 41.5 Å². The lowest BCUT2D eigenvalue weighted by molar-refractivity contribution is 0.102. The van der Waals surface area contributed by atoms with Gasteiger partial charge in [-0.2, -0.15) is 9.67 Å². The molecule has 7 aromatic rings. The number of hydrogen-bond acceptors (Lipinski definition) is 7. The summed E-state index contributed by atoms with van der Waals surface area (Å²) >= 11 is 0. The lowest BCUT2D eigenvalue weighted by Crippen LogP contribution is -2.04. The third kappa shape index (κ3) is 4.63. The highest BCUT2D eigenvalue weighted by molar-refractivity contribution is 5.61. The van der Waals surface area contributed by atoms with Crippen LogP contribution in [0.25, 0.3) is 40.3 Å². The molecule has 0 aliphatic heterocycles. The molecule has 10 heteroatoms. The van der Waals surface area contributed by atoms with Crippen molar-refractivity contribution in [3.63, 3.8) is 0 Å². The molecule has 0 aliphatic rings. The third-order valence-electron chi connectivity index (χ3n) is 6.25. The van der Waals surface area contributed by atoms with Crippen molar-refractivity contribution in [2.24, 2.45) is 0 Å². The molecular weight excluding hydrogens is 502 g/mol. The molecule has 0 amide bonds. The molecule has 0 fully saturated rings. The van der Waals surface area contributed by atoms with E-state index < -0.39 is 0 Å². The van der Waals surface area contributed by atoms with E-state index in [9.17, 15) is 0 Å². The Bertz CT molecular complexity index is 1790. The minimum Gasteiger partial charge on any atom is -0.369 e. The molecule has 0 radical (unpaired) electrons. The zero-order valence-corrected chi connectivity index (χ0v) is 21.3. The molecule has 0 saturated carbocycles. The fraction of sp³-hybridized carbons (Fsp3) is 0.0667. The summed E-state index contributed by atoms with van der Waals surface area (Å²) in [5, 5.41) is 14.2. The van der Waals surface area contributed by atoms with Crippen molar-refractivity contribution >= 4 is 5.65 Å². The second-order valence-electron chi connectivity index (χ2n) is 9.03. The number of nitrogens with zero attached hydrogens (tertiary/aromatic N) is 9. The molecule has 0 atom stereocenters. The van der Waals surface area contributed by atoms with Gasteiger partial charge in [-0.25, -0.2) is 19.2 Å². The van der Waals surface area contributed by atoms with Crippen molar-refractivity contribution < 1.29 is 4.74 Å². The van der Waals surface area contributed by atoms with Crippen LogP contribution in [0.2, 0.25) is 0 Å². The number of hydrogen-bond donors (Lipinski definition) is 0. The van der Waals surface area contributed by atoms with Crippen LogP contribution in [-0.2, 0) is 18.0 Å². The van der Waals surface area contributed by atoms with E-state index in [-0.39, 0.29) is 6.61 Å². The summed E-state index contributed by atoms with van der Waals surface area (Å²) in [4.78, 5) is 14.4. The first-order valence-corrected chi connectivity index (χ1v) is 12.8. The summed E-state index contributed by atoms with van der Waals surface area (Å²) in [5.41, 5.74) is 3.56. The van der Waals surface area contributed by atoms with Crippen LogP contribution in [0.4, 0.5) is 0 Å². The quantitative estimate of drug-likeness (QED) is 0.277. The van der Waals surface area contributed by atoms with Crippen LogP contribution >= 0.6 is 0 Å². The lowest BCUT2D eigenvalue weighted by atomic mass is 10.2. The summed E-state index contributed by atoms with van der Waals surface area (Å²) in [5.74, 6) is 2.33. The Balaban J connectivity index is 1.32. The molecule has 194 valence electrons. The van der Waals surface area contributed by atoms with Crippen molar-refractivity contribution in [2.75, 3.05) is 0 Å². The molecule has 0 saturated heterocycles. The number of rotatable bonds is 8. The highest BCUT2D eigenvalue weighted by Crippen LogP contribution is 2.26. The van der Waals surface area contributed by atoms with Gasteiger partial charge < -0.3 is 4.74 Å². The topological polar surface area (TPSA) is 101 Å². The Morgan fingerprint density at radius 2 is 1.30 bits per heavy atom. The summed E-state index contributed by atoms with van der Waals surface area (Å²) in [7, 11) is 0. The van der Waals surface area contributed by atoms with Crippen LogP contribution in [0, 0.1) is 0 Å². The lowest BCUT2D eigenvalue weighted by Gasteiger charge is -2.05. The molecule has 40 heavy (non-hydrogen) atoms. The average molecular weight is 526 g/mol. The number of benzene rings is 3. The van der Waals surface area contributed by atoms with E-state index in [4.69, 9.17) is 24.9 Å². The molecule has 0 spiro atoms. The first-order valence-electron chi connectivity index (χ1n) is 12.8. The highest BCUT2D eigenvalue weighted by Gasteiger charge is 2.23. The molecule has 4 aromatic heterocycles. The van der Waals surface area contributed by atoms with Crippen molar-refractivity contribution in [3.8, 4) is 34.7 Å². The van der Waals surface area contributed by atoms with E-state index in [2.05, 4.69) is 10.1 Å². The maximum Gasteiger partial charge on any atom is 0.272 e. The van der Waals surface area contributed by atoms with Crippen LogP contribution < -0.4 is 0 Å². The normalized spacial score (nSPS) is 11.3. The first-order chi connectivity index (χ1) is 19.8. The first kappa shape index (κ1) is 23.6. The van der Waals surface area contributed by atoms with E-state index in [1.54, 1.807) is 9.20 Å². The third-order valence-corrected chi connectivity index (χ3v) is 6.25. The Hall–Kier alpha value is -5.48. The summed E-state index contributed by atoms with van der Waals surface area (Å²) in [6.45, 7) is 0.642. The zero-order valence-electron chi connectivity index (χ0n) is 21.3. The van der Waals surface area contributed by atoms with Gasteiger partial charge in [0.2, 0.25) is 11.6 Å². The second kappa shape index (κ2) is 10.4. The predicted molar refractivity (Wildman–Crippen MR) is 149 cm³/mol. The molecule has 10 nitrogen and oxygen atoms in total. The SMILES string of the molecule is c1ccc(COCc2nc(-c3nc(-c4ccccc4)n(-c4ccccc4)n3)n(-c3nc4ccccn4n3)n2)cc1. The fourth-order valence-corrected chi connectivity index (χ4v) is 4.37. The van der Waals surface area contributed by atoms with Gasteiger partial charge in [0.15, 0.2) is 17.3 Å².